The van der Waals surface area contributed by atoms with E-state index in [1.54, 1.807) is 6.92 Å². The number of aromatic nitrogens is 8. The molecule has 1 aromatic carbocycles. The highest BCUT2D eigenvalue weighted by Crippen LogP contribution is 2.35. The van der Waals surface area contributed by atoms with E-state index in [1.807, 2.05) is 30.3 Å². The number of esters is 1. The molecule has 1 aliphatic heterocycles. The number of nitrogens with one attached hydrogen (secondary N) is 1. The first-order chi connectivity index (χ1) is 18.3. The van der Waals surface area contributed by atoms with Crippen LogP contribution in [0, 0.1) is 0 Å². The number of tetrazole rings is 1. The molecule has 1 fully saturated rings. The molecule has 0 saturated carbocycles. The predicted molar refractivity (Wildman–Crippen MR) is 129 cm³/mol. The first-order valence-corrected chi connectivity index (χ1v) is 12.0. The van der Waals surface area contributed by atoms with Crippen molar-refractivity contribution in [1.29, 1.82) is 0 Å². The number of nitrogen functional groups attached to an aromatic ring is 1. The molecule has 0 amide bonds. The van der Waals surface area contributed by atoms with Crippen LogP contribution in [0.3, 0.4) is 0 Å². The van der Waals surface area contributed by atoms with Gasteiger partial charge in [0, 0.05) is 6.42 Å². The summed E-state index contributed by atoms with van der Waals surface area (Å²) in [6.45, 7) is 1.39. The molecule has 5 rings (SSSR count). The number of nitrogens with two attached hydrogens (primary N) is 1. The SMILES string of the molecule is CCOC(=O)C(Cc1ccccc1)(OC[C@H]1O[C@@H](n2cnc3c(N)nc(Cl)nc32)[C@H](O)[C@@H]1O)c1nnn[nH]1. The fourth-order valence-electron chi connectivity index (χ4n) is 4.31. The summed E-state index contributed by atoms with van der Waals surface area (Å²) in [7, 11) is 0. The van der Waals surface area contributed by atoms with Crippen LogP contribution in [-0.4, -0.2) is 87.9 Å². The standard InChI is InChI=1S/C22H24ClN9O6/c1-2-36-20(35)22(19-28-30-31-29-19,8-11-6-4-3-5-7-11)37-9-12-14(33)15(34)18(38-12)32-10-25-13-16(24)26-21(23)27-17(13)32/h3-7,10,12,14-15,18,33-34H,2,8-9H2,1H3,(H2,24,26,27)(H,28,29,30,31)/t12-,14-,15-,18-,22?/m1/s1. The van der Waals surface area contributed by atoms with Gasteiger partial charge in [-0.3, -0.25) is 4.57 Å². The van der Waals surface area contributed by atoms with E-state index < -0.39 is 36.1 Å². The van der Waals surface area contributed by atoms with Gasteiger partial charge in [0.05, 0.1) is 19.5 Å². The van der Waals surface area contributed by atoms with Gasteiger partial charge in [-0.05, 0) is 34.5 Å². The summed E-state index contributed by atoms with van der Waals surface area (Å²) in [5.41, 5.74) is 5.26. The Kier molecular flexibility index (Phi) is 7.18. The number of anilines is 1. The number of imidazole rings is 1. The Bertz CT molecular complexity index is 1410. The summed E-state index contributed by atoms with van der Waals surface area (Å²) >= 11 is 5.94. The third-order valence-electron chi connectivity index (χ3n) is 6.16. The Hall–Kier alpha value is -3.76. The summed E-state index contributed by atoms with van der Waals surface area (Å²) < 4.78 is 18.8. The van der Waals surface area contributed by atoms with E-state index in [9.17, 15) is 15.0 Å². The monoisotopic (exact) mass is 545 g/mol. The number of benzene rings is 1. The van der Waals surface area contributed by atoms with E-state index in [-0.39, 0.29) is 47.7 Å². The van der Waals surface area contributed by atoms with E-state index in [2.05, 4.69) is 35.6 Å². The van der Waals surface area contributed by atoms with Crippen LogP contribution in [-0.2, 0) is 31.0 Å². The molecule has 16 heteroatoms. The second kappa shape index (κ2) is 10.5. The van der Waals surface area contributed by atoms with E-state index >= 15 is 0 Å². The van der Waals surface area contributed by atoms with E-state index in [4.69, 9.17) is 31.5 Å². The van der Waals surface area contributed by atoms with Gasteiger partial charge in [0.1, 0.15) is 23.8 Å². The first kappa shape index (κ1) is 25.9. The van der Waals surface area contributed by atoms with Crippen LogP contribution in [0.15, 0.2) is 36.7 Å². The topological polar surface area (TPSA) is 209 Å². The number of hydrogen-bond donors (Lipinski definition) is 4. The first-order valence-electron chi connectivity index (χ1n) is 11.6. The van der Waals surface area contributed by atoms with Crippen LogP contribution in [0.1, 0.15) is 24.5 Å². The fraction of sp³-hybridized carbons (Fsp3) is 0.409. The average molecular weight is 546 g/mol. The summed E-state index contributed by atoms with van der Waals surface area (Å²) in [4.78, 5) is 25.5. The van der Waals surface area contributed by atoms with E-state index in [0.717, 1.165) is 5.56 Å². The number of halogens is 1. The van der Waals surface area contributed by atoms with E-state index in [0.29, 0.717) is 0 Å². The number of H-pyrrole nitrogens is 1. The summed E-state index contributed by atoms with van der Waals surface area (Å²) in [6, 6.07) is 9.08. The highest BCUT2D eigenvalue weighted by molar-refractivity contribution is 6.28. The van der Waals surface area contributed by atoms with Crippen LogP contribution in [0.5, 0.6) is 0 Å². The smallest absolute Gasteiger partial charge is 0.346 e. The third-order valence-corrected chi connectivity index (χ3v) is 6.32. The zero-order valence-corrected chi connectivity index (χ0v) is 20.8. The predicted octanol–water partition coefficient (Wildman–Crippen LogP) is -0.0879. The highest BCUT2D eigenvalue weighted by Gasteiger charge is 2.50. The maximum Gasteiger partial charge on any atom is 0.346 e. The Balaban J connectivity index is 1.44. The molecule has 200 valence electrons. The molecule has 0 bridgehead atoms. The molecule has 0 radical (unpaired) electrons. The number of hydrogen-bond acceptors (Lipinski definition) is 13. The van der Waals surface area contributed by atoms with Crippen LogP contribution in [0.2, 0.25) is 5.28 Å². The second-order valence-corrected chi connectivity index (χ2v) is 8.86. The number of aromatic amines is 1. The minimum absolute atomic E-state index is 0.00630. The molecule has 38 heavy (non-hydrogen) atoms. The molecule has 0 aliphatic carbocycles. The quantitative estimate of drug-likeness (QED) is 0.160. The lowest BCUT2D eigenvalue weighted by Gasteiger charge is -2.30. The molecule has 5 N–H and O–H groups in total. The number of fused-ring (bicyclic) bond motifs is 1. The van der Waals surface area contributed by atoms with Crippen molar-refractivity contribution in [2.45, 2.75) is 43.5 Å². The second-order valence-electron chi connectivity index (χ2n) is 8.52. The maximum absolute atomic E-state index is 13.3. The minimum Gasteiger partial charge on any atom is -0.463 e. The molecule has 1 aliphatic rings. The van der Waals surface area contributed by atoms with Gasteiger partial charge in [-0.2, -0.15) is 9.97 Å². The number of rotatable bonds is 9. The van der Waals surface area contributed by atoms with Gasteiger partial charge in [-0.15, -0.1) is 5.10 Å². The molecule has 4 aromatic rings. The lowest BCUT2D eigenvalue weighted by atomic mass is 9.93. The molecule has 5 atom stereocenters. The largest absolute Gasteiger partial charge is 0.463 e. The van der Waals surface area contributed by atoms with Crippen LogP contribution < -0.4 is 5.73 Å². The van der Waals surface area contributed by atoms with Crippen molar-refractivity contribution in [3.8, 4) is 0 Å². The number of ether oxygens (including phenoxy) is 3. The lowest BCUT2D eigenvalue weighted by Crippen LogP contribution is -2.46. The third kappa shape index (κ3) is 4.65. The van der Waals surface area contributed by atoms with Crippen molar-refractivity contribution in [2.75, 3.05) is 18.9 Å². The van der Waals surface area contributed by atoms with Gasteiger partial charge in [0.25, 0.3) is 0 Å². The van der Waals surface area contributed by atoms with Crippen molar-refractivity contribution in [2.24, 2.45) is 0 Å². The van der Waals surface area contributed by atoms with Crippen LogP contribution >= 0.6 is 11.6 Å². The van der Waals surface area contributed by atoms with Gasteiger partial charge in [0.2, 0.25) is 10.9 Å². The van der Waals surface area contributed by atoms with Crippen molar-refractivity contribution >= 4 is 34.6 Å². The number of aliphatic hydroxyl groups is 2. The van der Waals surface area contributed by atoms with E-state index in [1.165, 1.54) is 10.9 Å². The van der Waals surface area contributed by atoms with Crippen LogP contribution in [0.4, 0.5) is 5.82 Å². The Labute approximate surface area is 219 Å². The van der Waals surface area contributed by atoms with Gasteiger partial charge < -0.3 is 30.2 Å². The van der Waals surface area contributed by atoms with Gasteiger partial charge in [-0.25, -0.2) is 14.9 Å². The highest BCUT2D eigenvalue weighted by atomic mass is 35.5. The zero-order chi connectivity index (χ0) is 26.9. The summed E-state index contributed by atoms with van der Waals surface area (Å²) in [5, 5.41) is 35.2. The molecular weight excluding hydrogens is 522 g/mol. The fourth-order valence-corrected chi connectivity index (χ4v) is 4.48. The maximum atomic E-state index is 13.3. The van der Waals surface area contributed by atoms with Crippen molar-refractivity contribution < 1.29 is 29.2 Å². The van der Waals surface area contributed by atoms with Crippen molar-refractivity contribution in [1.82, 2.24) is 40.1 Å². The molecule has 1 unspecified atom stereocenters. The normalized spacial score (nSPS) is 22.9. The average Bonchev–Trinajstić information content (AvgIpc) is 3.64. The molecule has 4 heterocycles. The van der Waals surface area contributed by atoms with Crippen molar-refractivity contribution in [3.63, 3.8) is 0 Å². The zero-order valence-electron chi connectivity index (χ0n) is 20.0. The summed E-state index contributed by atoms with van der Waals surface area (Å²) in [5.74, 6) is -0.686. The molecule has 3 aromatic heterocycles. The number of aliphatic hydroxyl groups excluding tert-OH is 2. The molecular formula is C22H24ClN9O6. The molecule has 0 spiro atoms. The minimum atomic E-state index is -1.80. The molecule has 15 nitrogen and oxygen atoms in total. The number of nitrogens with zero attached hydrogens (tertiary/aromatic N) is 7. The lowest BCUT2D eigenvalue weighted by molar-refractivity contribution is -0.183. The van der Waals surface area contributed by atoms with Gasteiger partial charge in [-0.1, -0.05) is 30.3 Å². The van der Waals surface area contributed by atoms with Gasteiger partial charge in [0.15, 0.2) is 23.5 Å². The Morgan fingerprint density at radius 3 is 2.76 bits per heavy atom. The summed E-state index contributed by atoms with van der Waals surface area (Å²) in [6.07, 6.45) is -3.66. The van der Waals surface area contributed by atoms with Gasteiger partial charge >= 0.3 is 5.97 Å². The van der Waals surface area contributed by atoms with Crippen molar-refractivity contribution in [3.05, 3.63) is 53.3 Å². The van der Waals surface area contributed by atoms with Crippen LogP contribution in [0.25, 0.3) is 11.2 Å². The Morgan fingerprint density at radius 2 is 2.05 bits per heavy atom. The Morgan fingerprint density at radius 1 is 1.26 bits per heavy atom. The number of carbonyl (C=O) groups is 1. The number of carbonyl (C=O) groups excluding carboxylic acids is 1. The molecule has 1 saturated heterocycles.